The summed E-state index contributed by atoms with van der Waals surface area (Å²) in [4.78, 5) is 0. The van der Waals surface area contributed by atoms with Gasteiger partial charge in [-0.05, 0) is 65.2 Å². The van der Waals surface area contributed by atoms with Crippen LogP contribution >= 0.6 is 0 Å². The fourth-order valence-corrected chi connectivity index (χ4v) is 3.20. The van der Waals surface area contributed by atoms with Gasteiger partial charge in [-0.2, -0.15) is 0 Å². The molecule has 0 aromatic heterocycles. The molecule has 1 aliphatic heterocycles. The van der Waals surface area contributed by atoms with Crippen molar-refractivity contribution in [2.75, 3.05) is 19.8 Å². The summed E-state index contributed by atoms with van der Waals surface area (Å²) in [6.45, 7) is 11.8. The summed E-state index contributed by atoms with van der Waals surface area (Å²) in [6, 6.07) is 0. The van der Waals surface area contributed by atoms with Crippen molar-refractivity contribution in [1.82, 2.24) is 5.32 Å². The predicted octanol–water partition coefficient (Wildman–Crippen LogP) is 3.52. The quantitative estimate of drug-likeness (QED) is 0.856. The number of rotatable bonds is 4. The van der Waals surface area contributed by atoms with E-state index in [1.165, 1.54) is 25.7 Å². The second-order valence-electron chi connectivity index (χ2n) is 7.90. The third-order valence-corrected chi connectivity index (χ3v) is 4.71. The average Bonchev–Trinajstić information content (AvgIpc) is 2.40. The van der Waals surface area contributed by atoms with E-state index in [1.807, 2.05) is 0 Å². The molecule has 0 unspecified atom stereocenters. The van der Waals surface area contributed by atoms with E-state index in [4.69, 9.17) is 9.47 Å². The largest absolute Gasteiger partial charge is 0.381 e. The van der Waals surface area contributed by atoms with E-state index in [9.17, 15) is 0 Å². The van der Waals surface area contributed by atoms with Gasteiger partial charge in [0.25, 0.3) is 0 Å². The van der Waals surface area contributed by atoms with Crippen molar-refractivity contribution >= 4 is 0 Å². The van der Waals surface area contributed by atoms with Crippen LogP contribution in [0.3, 0.4) is 0 Å². The number of hydrogen-bond acceptors (Lipinski definition) is 3. The van der Waals surface area contributed by atoms with E-state index in [0.717, 1.165) is 38.5 Å². The Morgan fingerprint density at radius 2 is 1.70 bits per heavy atom. The molecule has 118 valence electrons. The monoisotopic (exact) mass is 283 g/mol. The lowest BCUT2D eigenvalue weighted by Gasteiger charge is -2.44. The maximum Gasteiger partial charge on any atom is 0.0810 e. The first-order valence-corrected chi connectivity index (χ1v) is 8.39. The van der Waals surface area contributed by atoms with Gasteiger partial charge in [-0.25, -0.2) is 0 Å². The highest BCUT2D eigenvalue weighted by molar-refractivity contribution is 4.91. The van der Waals surface area contributed by atoms with Crippen LogP contribution in [0, 0.1) is 5.92 Å². The smallest absolute Gasteiger partial charge is 0.0810 e. The third-order valence-electron chi connectivity index (χ3n) is 4.71. The van der Waals surface area contributed by atoms with Crippen molar-refractivity contribution in [3.63, 3.8) is 0 Å². The summed E-state index contributed by atoms with van der Waals surface area (Å²) in [5.41, 5.74) is 0.219. The molecule has 1 saturated carbocycles. The van der Waals surface area contributed by atoms with Gasteiger partial charge >= 0.3 is 0 Å². The summed E-state index contributed by atoms with van der Waals surface area (Å²) in [5.74, 6) is 0.857. The van der Waals surface area contributed by atoms with Crippen LogP contribution in [-0.4, -0.2) is 37.0 Å². The molecular weight excluding hydrogens is 250 g/mol. The molecule has 0 aromatic rings. The van der Waals surface area contributed by atoms with Crippen LogP contribution in [0.4, 0.5) is 0 Å². The first-order chi connectivity index (χ1) is 9.39. The Labute approximate surface area is 124 Å². The van der Waals surface area contributed by atoms with Crippen LogP contribution in [0.2, 0.25) is 0 Å². The summed E-state index contributed by atoms with van der Waals surface area (Å²) in [6.07, 6.45) is 7.53. The zero-order valence-corrected chi connectivity index (χ0v) is 13.8. The SMILES string of the molecule is CC1CCC(CNC(C)(C)C)(OC2CCOCC2)CC1. The van der Waals surface area contributed by atoms with Crippen LogP contribution < -0.4 is 5.32 Å². The molecule has 0 bridgehead atoms. The lowest BCUT2D eigenvalue weighted by Crippen LogP contribution is -2.52. The van der Waals surface area contributed by atoms with Gasteiger partial charge in [0.2, 0.25) is 0 Å². The van der Waals surface area contributed by atoms with Gasteiger partial charge in [0.15, 0.2) is 0 Å². The average molecular weight is 283 g/mol. The normalized spacial score (nSPS) is 33.3. The van der Waals surface area contributed by atoms with Crippen LogP contribution in [0.5, 0.6) is 0 Å². The Balaban J connectivity index is 1.95. The van der Waals surface area contributed by atoms with E-state index in [1.54, 1.807) is 0 Å². The van der Waals surface area contributed by atoms with Crippen LogP contribution in [0.25, 0.3) is 0 Å². The summed E-state index contributed by atoms with van der Waals surface area (Å²) < 4.78 is 12.1. The van der Waals surface area contributed by atoms with E-state index in [0.29, 0.717) is 6.10 Å². The molecular formula is C17H33NO2. The van der Waals surface area contributed by atoms with Gasteiger partial charge in [-0.3, -0.25) is 0 Å². The fourth-order valence-electron chi connectivity index (χ4n) is 3.20. The van der Waals surface area contributed by atoms with Crippen LogP contribution in [0.1, 0.15) is 66.2 Å². The Morgan fingerprint density at radius 1 is 1.10 bits per heavy atom. The molecule has 2 rings (SSSR count). The van der Waals surface area contributed by atoms with Crippen LogP contribution in [0.15, 0.2) is 0 Å². The minimum absolute atomic E-state index is 0.0573. The predicted molar refractivity (Wildman–Crippen MR) is 83.0 cm³/mol. The van der Waals surface area contributed by atoms with Gasteiger partial charge in [-0.15, -0.1) is 0 Å². The highest BCUT2D eigenvalue weighted by Gasteiger charge is 2.38. The Hall–Kier alpha value is -0.120. The Bertz CT molecular complexity index is 284. The van der Waals surface area contributed by atoms with Crippen molar-refractivity contribution < 1.29 is 9.47 Å². The van der Waals surface area contributed by atoms with E-state index in [2.05, 4.69) is 33.0 Å². The van der Waals surface area contributed by atoms with Gasteiger partial charge in [0, 0.05) is 25.3 Å². The third kappa shape index (κ3) is 5.01. The molecule has 0 aromatic carbocycles. The molecule has 0 atom stereocenters. The second kappa shape index (κ2) is 6.76. The molecule has 1 heterocycles. The lowest BCUT2D eigenvalue weighted by atomic mass is 9.78. The summed E-state index contributed by atoms with van der Waals surface area (Å²) >= 11 is 0. The topological polar surface area (TPSA) is 30.5 Å². The van der Waals surface area contributed by atoms with Gasteiger partial charge < -0.3 is 14.8 Å². The maximum absolute atomic E-state index is 6.62. The Kier molecular flexibility index (Phi) is 5.49. The minimum Gasteiger partial charge on any atom is -0.381 e. The molecule has 2 aliphatic rings. The first kappa shape index (κ1) is 16.3. The van der Waals surface area contributed by atoms with Gasteiger partial charge in [0.1, 0.15) is 0 Å². The second-order valence-corrected chi connectivity index (χ2v) is 7.90. The number of nitrogens with one attached hydrogen (secondary N) is 1. The zero-order valence-electron chi connectivity index (χ0n) is 13.8. The molecule has 1 aliphatic carbocycles. The van der Waals surface area contributed by atoms with Crippen molar-refractivity contribution in [2.45, 2.75) is 83.5 Å². The lowest BCUT2D eigenvalue weighted by molar-refractivity contribution is -0.144. The highest BCUT2D eigenvalue weighted by Crippen LogP contribution is 2.36. The van der Waals surface area contributed by atoms with Crippen molar-refractivity contribution in [3.05, 3.63) is 0 Å². The molecule has 20 heavy (non-hydrogen) atoms. The number of hydrogen-bond donors (Lipinski definition) is 1. The molecule has 0 amide bonds. The summed E-state index contributed by atoms with van der Waals surface area (Å²) in [5, 5.41) is 3.68. The molecule has 3 heteroatoms. The fraction of sp³-hybridized carbons (Fsp3) is 1.00. The minimum atomic E-state index is 0.0573. The molecule has 3 nitrogen and oxygen atoms in total. The Morgan fingerprint density at radius 3 is 2.25 bits per heavy atom. The zero-order chi connectivity index (χ0) is 14.6. The molecule has 2 fully saturated rings. The molecule has 0 radical (unpaired) electrons. The number of ether oxygens (including phenoxy) is 2. The highest BCUT2D eigenvalue weighted by atomic mass is 16.5. The van der Waals surface area contributed by atoms with Crippen molar-refractivity contribution in [1.29, 1.82) is 0 Å². The van der Waals surface area contributed by atoms with E-state index >= 15 is 0 Å². The maximum atomic E-state index is 6.62. The molecule has 0 spiro atoms. The van der Waals surface area contributed by atoms with Gasteiger partial charge in [0.05, 0.1) is 11.7 Å². The first-order valence-electron chi connectivity index (χ1n) is 8.39. The van der Waals surface area contributed by atoms with E-state index in [-0.39, 0.29) is 11.1 Å². The molecule has 1 saturated heterocycles. The molecule has 1 N–H and O–H groups in total. The standard InChI is InChI=1S/C17H33NO2/c1-14-5-9-17(10-6-14,13-18-16(2,3)4)20-15-7-11-19-12-8-15/h14-15,18H,5-13H2,1-4H3. The van der Waals surface area contributed by atoms with Crippen molar-refractivity contribution in [3.8, 4) is 0 Å². The van der Waals surface area contributed by atoms with Crippen LogP contribution in [-0.2, 0) is 9.47 Å². The summed E-state index contributed by atoms with van der Waals surface area (Å²) in [7, 11) is 0. The van der Waals surface area contributed by atoms with Gasteiger partial charge in [-0.1, -0.05) is 6.92 Å². The van der Waals surface area contributed by atoms with E-state index < -0.39 is 0 Å². The van der Waals surface area contributed by atoms with Crippen molar-refractivity contribution in [2.24, 2.45) is 5.92 Å².